The van der Waals surface area contributed by atoms with Crippen molar-refractivity contribution in [3.8, 4) is 5.75 Å². The first-order chi connectivity index (χ1) is 8.56. The Morgan fingerprint density at radius 3 is 2.94 bits per heavy atom. The Morgan fingerprint density at radius 1 is 1.44 bits per heavy atom. The van der Waals surface area contributed by atoms with Crippen LogP contribution in [0.15, 0.2) is 39.8 Å². The summed E-state index contributed by atoms with van der Waals surface area (Å²) in [6, 6.07) is 7.89. The van der Waals surface area contributed by atoms with Crippen LogP contribution < -0.4 is 4.74 Å². The number of aryl methyl sites for hydroxylation is 1. The molecule has 0 N–H and O–H groups in total. The van der Waals surface area contributed by atoms with Gasteiger partial charge >= 0.3 is 0 Å². The van der Waals surface area contributed by atoms with Crippen molar-refractivity contribution in [2.45, 2.75) is 13.8 Å². The molecule has 0 saturated carbocycles. The number of nitrogens with zero attached hydrogens (tertiary/aromatic N) is 1. The average molecular weight is 327 g/mol. The predicted molar refractivity (Wildman–Crippen MR) is 79.3 cm³/mol. The SMILES string of the molecule is C/C(Cl)=C/COc1cc(C)nc2ccc(Br)cc12. The van der Waals surface area contributed by atoms with E-state index in [9.17, 15) is 0 Å². The van der Waals surface area contributed by atoms with Gasteiger partial charge in [0, 0.05) is 26.7 Å². The van der Waals surface area contributed by atoms with Gasteiger partial charge in [-0.2, -0.15) is 0 Å². The normalized spacial score (nSPS) is 11.9. The number of halogens is 2. The van der Waals surface area contributed by atoms with E-state index in [4.69, 9.17) is 16.3 Å². The second-order valence-electron chi connectivity index (χ2n) is 4.03. The van der Waals surface area contributed by atoms with E-state index in [-0.39, 0.29) is 0 Å². The minimum atomic E-state index is 0.459. The van der Waals surface area contributed by atoms with Crippen LogP contribution in [0.5, 0.6) is 5.75 Å². The third kappa shape index (κ3) is 3.24. The number of fused-ring (bicyclic) bond motifs is 1. The smallest absolute Gasteiger partial charge is 0.131 e. The highest BCUT2D eigenvalue weighted by atomic mass is 79.9. The van der Waals surface area contributed by atoms with Crippen LogP contribution >= 0.6 is 27.5 Å². The van der Waals surface area contributed by atoms with E-state index >= 15 is 0 Å². The van der Waals surface area contributed by atoms with Gasteiger partial charge in [0.15, 0.2) is 0 Å². The highest BCUT2D eigenvalue weighted by Gasteiger charge is 2.05. The third-order valence-corrected chi connectivity index (χ3v) is 3.11. The molecule has 0 atom stereocenters. The fraction of sp³-hybridized carbons (Fsp3) is 0.214. The molecule has 0 unspecified atom stereocenters. The summed E-state index contributed by atoms with van der Waals surface area (Å²) in [5.41, 5.74) is 1.87. The topological polar surface area (TPSA) is 22.1 Å². The molecule has 0 aliphatic carbocycles. The monoisotopic (exact) mass is 325 g/mol. The molecule has 0 aliphatic heterocycles. The minimum absolute atomic E-state index is 0.459. The number of rotatable bonds is 3. The summed E-state index contributed by atoms with van der Waals surface area (Å²) in [5, 5.41) is 1.72. The Hall–Kier alpha value is -1.06. The number of ether oxygens (including phenoxy) is 1. The van der Waals surface area contributed by atoms with E-state index in [0.29, 0.717) is 6.61 Å². The Labute approximate surface area is 120 Å². The van der Waals surface area contributed by atoms with Gasteiger partial charge in [-0.05, 0) is 38.1 Å². The first-order valence-corrected chi connectivity index (χ1v) is 6.75. The van der Waals surface area contributed by atoms with Crippen molar-refractivity contribution >= 4 is 38.4 Å². The van der Waals surface area contributed by atoms with Crippen LogP contribution in [0.25, 0.3) is 10.9 Å². The van der Waals surface area contributed by atoms with E-state index < -0.39 is 0 Å². The first kappa shape index (κ1) is 13.4. The average Bonchev–Trinajstić information content (AvgIpc) is 2.29. The largest absolute Gasteiger partial charge is 0.489 e. The molecular formula is C14H13BrClNO. The van der Waals surface area contributed by atoms with Crippen LogP contribution in [-0.2, 0) is 0 Å². The van der Waals surface area contributed by atoms with Crippen LogP contribution in [0.4, 0.5) is 0 Å². The van der Waals surface area contributed by atoms with Crippen LogP contribution in [0.2, 0.25) is 0 Å². The van der Waals surface area contributed by atoms with E-state index in [1.165, 1.54) is 0 Å². The summed E-state index contributed by atoms with van der Waals surface area (Å²) >= 11 is 9.24. The van der Waals surface area contributed by atoms with Gasteiger partial charge in [0.25, 0.3) is 0 Å². The fourth-order valence-corrected chi connectivity index (χ4v) is 2.08. The predicted octanol–water partition coefficient (Wildman–Crippen LogP) is 4.83. The zero-order valence-electron chi connectivity index (χ0n) is 10.2. The summed E-state index contributed by atoms with van der Waals surface area (Å²) in [6.07, 6.45) is 1.83. The lowest BCUT2D eigenvalue weighted by atomic mass is 10.2. The molecule has 2 aromatic rings. The van der Waals surface area contributed by atoms with E-state index in [2.05, 4.69) is 20.9 Å². The fourth-order valence-electron chi connectivity index (χ4n) is 1.66. The van der Waals surface area contributed by atoms with Gasteiger partial charge in [-0.15, -0.1) is 0 Å². The number of hydrogen-bond donors (Lipinski definition) is 0. The molecular weight excluding hydrogens is 314 g/mol. The molecule has 0 aliphatic rings. The molecule has 0 fully saturated rings. The maximum Gasteiger partial charge on any atom is 0.131 e. The molecule has 1 aromatic heterocycles. The molecule has 0 radical (unpaired) electrons. The minimum Gasteiger partial charge on any atom is -0.489 e. The van der Waals surface area contributed by atoms with Crippen molar-refractivity contribution in [2.75, 3.05) is 6.61 Å². The quantitative estimate of drug-likeness (QED) is 0.806. The molecule has 0 spiro atoms. The Bertz CT molecular complexity index is 606. The van der Waals surface area contributed by atoms with Crippen molar-refractivity contribution in [3.63, 3.8) is 0 Å². The van der Waals surface area contributed by atoms with Gasteiger partial charge in [-0.25, -0.2) is 0 Å². The van der Waals surface area contributed by atoms with Crippen LogP contribution in [0, 0.1) is 6.92 Å². The van der Waals surface area contributed by atoms with Gasteiger partial charge in [0.2, 0.25) is 0 Å². The number of hydrogen-bond acceptors (Lipinski definition) is 2. The van der Waals surface area contributed by atoms with E-state index in [1.807, 2.05) is 44.2 Å². The second-order valence-corrected chi connectivity index (χ2v) is 5.54. The Kier molecular flexibility index (Phi) is 4.25. The lowest BCUT2D eigenvalue weighted by Crippen LogP contribution is -1.96. The standard InChI is InChI=1S/C14H13BrClNO/c1-9(16)5-6-18-14-7-10(2)17-13-4-3-11(15)8-12(13)14/h3-5,7-8H,6H2,1-2H3/b9-5-. The molecule has 1 aromatic carbocycles. The summed E-state index contributed by atoms with van der Waals surface area (Å²) in [6.45, 7) is 4.24. The van der Waals surface area contributed by atoms with Gasteiger partial charge in [0.05, 0.1) is 5.52 Å². The highest BCUT2D eigenvalue weighted by molar-refractivity contribution is 9.10. The van der Waals surface area contributed by atoms with Crippen LogP contribution in [-0.4, -0.2) is 11.6 Å². The van der Waals surface area contributed by atoms with Crippen molar-refractivity contribution in [2.24, 2.45) is 0 Å². The summed E-state index contributed by atoms with van der Waals surface area (Å²) in [7, 11) is 0. The van der Waals surface area contributed by atoms with Crippen molar-refractivity contribution < 1.29 is 4.74 Å². The lowest BCUT2D eigenvalue weighted by Gasteiger charge is -2.09. The van der Waals surface area contributed by atoms with Gasteiger partial charge in [-0.3, -0.25) is 4.98 Å². The number of allylic oxidation sites excluding steroid dienone is 1. The van der Waals surface area contributed by atoms with Crippen molar-refractivity contribution in [1.82, 2.24) is 4.98 Å². The highest BCUT2D eigenvalue weighted by Crippen LogP contribution is 2.28. The molecule has 0 amide bonds. The van der Waals surface area contributed by atoms with Crippen molar-refractivity contribution in [3.05, 3.63) is 45.5 Å². The molecule has 0 saturated heterocycles. The van der Waals surface area contributed by atoms with E-state index in [1.54, 1.807) is 0 Å². The number of aromatic nitrogens is 1. The molecule has 2 rings (SSSR count). The van der Waals surface area contributed by atoms with Gasteiger partial charge < -0.3 is 4.74 Å². The van der Waals surface area contributed by atoms with E-state index in [0.717, 1.165) is 31.9 Å². The lowest BCUT2D eigenvalue weighted by molar-refractivity contribution is 0.366. The summed E-state index contributed by atoms with van der Waals surface area (Å²) < 4.78 is 6.75. The number of pyridine rings is 1. The second kappa shape index (κ2) is 5.72. The first-order valence-electron chi connectivity index (χ1n) is 5.58. The molecule has 94 valence electrons. The molecule has 2 nitrogen and oxygen atoms in total. The van der Waals surface area contributed by atoms with Crippen LogP contribution in [0.1, 0.15) is 12.6 Å². The number of benzene rings is 1. The molecule has 1 heterocycles. The Balaban J connectivity index is 2.41. The van der Waals surface area contributed by atoms with Crippen molar-refractivity contribution in [1.29, 1.82) is 0 Å². The zero-order valence-corrected chi connectivity index (χ0v) is 12.5. The van der Waals surface area contributed by atoms with Gasteiger partial charge in [0.1, 0.15) is 12.4 Å². The van der Waals surface area contributed by atoms with Crippen LogP contribution in [0.3, 0.4) is 0 Å². The summed E-state index contributed by atoms with van der Waals surface area (Å²) in [5.74, 6) is 0.827. The maximum absolute atomic E-state index is 5.78. The summed E-state index contributed by atoms with van der Waals surface area (Å²) in [4.78, 5) is 4.48. The maximum atomic E-state index is 5.78. The zero-order chi connectivity index (χ0) is 13.1. The van der Waals surface area contributed by atoms with Gasteiger partial charge in [-0.1, -0.05) is 27.5 Å². The molecule has 0 bridgehead atoms. The third-order valence-electron chi connectivity index (χ3n) is 2.46. The molecule has 4 heteroatoms. The Morgan fingerprint density at radius 2 is 2.22 bits per heavy atom. The molecule has 18 heavy (non-hydrogen) atoms.